The average Bonchev–Trinajstić information content (AvgIpc) is 2.59. The molecule has 0 aliphatic carbocycles. The highest BCUT2D eigenvalue weighted by Crippen LogP contribution is 2.26. The van der Waals surface area contributed by atoms with Crippen LogP contribution in [0.25, 0.3) is 0 Å². The molecule has 0 radical (unpaired) electrons. The van der Waals surface area contributed by atoms with Crippen LogP contribution in [0.2, 0.25) is 0 Å². The Balaban J connectivity index is 2.08. The second kappa shape index (κ2) is 7.85. The molecule has 1 saturated heterocycles. The highest BCUT2D eigenvalue weighted by Gasteiger charge is 2.25. The number of amides is 1. The van der Waals surface area contributed by atoms with E-state index in [9.17, 15) is 9.59 Å². The van der Waals surface area contributed by atoms with Gasteiger partial charge in [0.2, 0.25) is 0 Å². The molecule has 0 saturated carbocycles. The van der Waals surface area contributed by atoms with Gasteiger partial charge in [0, 0.05) is 31.1 Å². The van der Waals surface area contributed by atoms with E-state index in [1.54, 1.807) is 37.3 Å². The smallest absolute Gasteiger partial charge is 0.303 e. The second-order valence-corrected chi connectivity index (χ2v) is 5.79. The number of carbonyl (C=O) groups is 2. The van der Waals surface area contributed by atoms with Gasteiger partial charge in [0.05, 0.1) is 14.2 Å². The molecule has 1 amide bonds. The van der Waals surface area contributed by atoms with Gasteiger partial charge in [-0.1, -0.05) is 0 Å². The lowest BCUT2D eigenvalue weighted by Gasteiger charge is -2.32. The van der Waals surface area contributed by atoms with Crippen LogP contribution in [0.4, 0.5) is 0 Å². The molecule has 0 unspecified atom stereocenters. The molecule has 0 bridgehead atoms. The van der Waals surface area contributed by atoms with E-state index in [-0.39, 0.29) is 18.2 Å². The van der Waals surface area contributed by atoms with Crippen molar-refractivity contribution in [1.29, 1.82) is 0 Å². The van der Waals surface area contributed by atoms with Gasteiger partial charge in [0.1, 0.15) is 11.5 Å². The Labute approximate surface area is 136 Å². The maximum atomic E-state index is 12.7. The van der Waals surface area contributed by atoms with Gasteiger partial charge in [0.15, 0.2) is 0 Å². The van der Waals surface area contributed by atoms with Crippen molar-refractivity contribution in [3.63, 3.8) is 0 Å². The number of rotatable bonds is 6. The molecule has 1 N–H and O–H groups in total. The highest BCUT2D eigenvalue weighted by molar-refractivity contribution is 5.95. The van der Waals surface area contributed by atoms with Crippen LogP contribution in [0.1, 0.15) is 36.0 Å². The number of piperidine rings is 1. The molecule has 0 spiro atoms. The summed E-state index contributed by atoms with van der Waals surface area (Å²) in [7, 11) is 3.09. The molecule has 1 fully saturated rings. The third-order valence-electron chi connectivity index (χ3n) is 4.17. The molecule has 126 valence electrons. The molecular formula is C17H23NO5. The van der Waals surface area contributed by atoms with Gasteiger partial charge < -0.3 is 19.5 Å². The molecule has 1 aromatic carbocycles. The number of carboxylic acids is 1. The van der Waals surface area contributed by atoms with E-state index in [1.807, 2.05) is 0 Å². The summed E-state index contributed by atoms with van der Waals surface area (Å²) >= 11 is 0. The highest BCUT2D eigenvalue weighted by atomic mass is 16.5. The van der Waals surface area contributed by atoms with Crippen LogP contribution in [0.15, 0.2) is 18.2 Å². The van der Waals surface area contributed by atoms with Crippen molar-refractivity contribution in [1.82, 2.24) is 4.90 Å². The van der Waals surface area contributed by atoms with Crippen LogP contribution in [0.5, 0.6) is 11.5 Å². The summed E-state index contributed by atoms with van der Waals surface area (Å²) in [6.45, 7) is 1.30. The lowest BCUT2D eigenvalue weighted by atomic mass is 9.93. The number of nitrogens with zero attached hydrogens (tertiary/aromatic N) is 1. The Bertz CT molecular complexity index is 550. The Morgan fingerprint density at radius 3 is 2.43 bits per heavy atom. The van der Waals surface area contributed by atoms with Gasteiger partial charge in [-0.05, 0) is 37.3 Å². The molecule has 1 aliphatic rings. The van der Waals surface area contributed by atoms with E-state index in [0.717, 1.165) is 12.8 Å². The summed E-state index contributed by atoms with van der Waals surface area (Å²) in [5.74, 6) is 0.545. The van der Waals surface area contributed by atoms with E-state index in [1.165, 1.54) is 0 Å². The number of benzene rings is 1. The van der Waals surface area contributed by atoms with Crippen LogP contribution in [0.3, 0.4) is 0 Å². The second-order valence-electron chi connectivity index (χ2n) is 5.79. The van der Waals surface area contributed by atoms with Crippen molar-refractivity contribution in [2.45, 2.75) is 25.7 Å². The summed E-state index contributed by atoms with van der Waals surface area (Å²) in [5.41, 5.74) is 0.528. The number of likely N-dealkylation sites (tertiary alicyclic amines) is 1. The van der Waals surface area contributed by atoms with Crippen molar-refractivity contribution >= 4 is 11.9 Å². The minimum atomic E-state index is -0.786. The number of aliphatic carboxylic acids is 1. The molecule has 2 rings (SSSR count). The summed E-state index contributed by atoms with van der Waals surface area (Å²) in [4.78, 5) is 25.2. The van der Waals surface area contributed by atoms with Crippen LogP contribution >= 0.6 is 0 Å². The Hall–Kier alpha value is -2.24. The molecule has 6 nitrogen and oxygen atoms in total. The van der Waals surface area contributed by atoms with Crippen LogP contribution < -0.4 is 9.47 Å². The molecule has 1 aromatic rings. The number of carboxylic acid groups (broad SMARTS) is 1. The maximum absolute atomic E-state index is 12.7. The number of ether oxygens (including phenoxy) is 2. The largest absolute Gasteiger partial charge is 0.497 e. The summed E-state index contributed by atoms with van der Waals surface area (Å²) in [6, 6.07) is 5.13. The molecule has 1 atom stereocenters. The summed E-state index contributed by atoms with van der Waals surface area (Å²) in [5, 5.41) is 8.80. The van der Waals surface area contributed by atoms with Crippen LogP contribution in [-0.4, -0.2) is 49.2 Å². The first kappa shape index (κ1) is 17.1. The van der Waals surface area contributed by atoms with Gasteiger partial charge in [-0.3, -0.25) is 9.59 Å². The van der Waals surface area contributed by atoms with Crippen molar-refractivity contribution < 1.29 is 24.2 Å². The molecule has 1 aliphatic heterocycles. The van der Waals surface area contributed by atoms with E-state index in [0.29, 0.717) is 36.6 Å². The van der Waals surface area contributed by atoms with Gasteiger partial charge in [-0.15, -0.1) is 0 Å². The fourth-order valence-corrected chi connectivity index (χ4v) is 2.93. The normalized spacial score (nSPS) is 17.7. The number of hydrogen-bond acceptors (Lipinski definition) is 4. The van der Waals surface area contributed by atoms with E-state index < -0.39 is 5.97 Å². The topological polar surface area (TPSA) is 76.1 Å². The lowest BCUT2D eigenvalue weighted by Crippen LogP contribution is -2.40. The first-order valence-electron chi connectivity index (χ1n) is 7.77. The zero-order chi connectivity index (χ0) is 16.8. The van der Waals surface area contributed by atoms with Gasteiger partial charge in [0.25, 0.3) is 5.91 Å². The zero-order valence-electron chi connectivity index (χ0n) is 13.6. The quantitative estimate of drug-likeness (QED) is 0.871. The van der Waals surface area contributed by atoms with Crippen LogP contribution in [-0.2, 0) is 4.79 Å². The van der Waals surface area contributed by atoms with E-state index in [4.69, 9.17) is 14.6 Å². The fourth-order valence-electron chi connectivity index (χ4n) is 2.93. The van der Waals surface area contributed by atoms with Gasteiger partial charge >= 0.3 is 5.97 Å². The number of methoxy groups -OCH3 is 2. The molecule has 6 heteroatoms. The maximum Gasteiger partial charge on any atom is 0.303 e. The molecule has 0 aromatic heterocycles. The first-order valence-corrected chi connectivity index (χ1v) is 7.77. The molecule has 1 heterocycles. The van der Waals surface area contributed by atoms with E-state index in [2.05, 4.69) is 0 Å². The fraction of sp³-hybridized carbons (Fsp3) is 0.529. The molecule has 23 heavy (non-hydrogen) atoms. The number of hydrogen-bond donors (Lipinski definition) is 1. The SMILES string of the molecule is COc1cc(OC)cc(C(=O)N2CCC[C@@H](CCC(=O)O)C2)c1. The monoisotopic (exact) mass is 321 g/mol. The average molecular weight is 321 g/mol. The predicted octanol–water partition coefficient (Wildman–Crippen LogP) is 2.42. The van der Waals surface area contributed by atoms with Gasteiger partial charge in [-0.2, -0.15) is 0 Å². The third-order valence-corrected chi connectivity index (χ3v) is 4.17. The van der Waals surface area contributed by atoms with Crippen molar-refractivity contribution in [2.75, 3.05) is 27.3 Å². The Morgan fingerprint density at radius 1 is 1.22 bits per heavy atom. The van der Waals surface area contributed by atoms with Crippen molar-refractivity contribution in [2.24, 2.45) is 5.92 Å². The standard InChI is InChI=1S/C17H23NO5/c1-22-14-8-13(9-15(10-14)23-2)17(21)18-7-3-4-12(11-18)5-6-16(19)20/h8-10,12H,3-7,11H2,1-2H3,(H,19,20)/t12-/m0/s1. The minimum Gasteiger partial charge on any atom is -0.497 e. The first-order chi connectivity index (χ1) is 11.0. The zero-order valence-corrected chi connectivity index (χ0v) is 13.6. The minimum absolute atomic E-state index is 0.0674. The third kappa shape index (κ3) is 4.61. The predicted molar refractivity (Wildman–Crippen MR) is 85.0 cm³/mol. The number of carbonyl (C=O) groups excluding carboxylic acids is 1. The van der Waals surface area contributed by atoms with Crippen molar-refractivity contribution in [3.05, 3.63) is 23.8 Å². The Kier molecular flexibility index (Phi) is 5.84. The molecular weight excluding hydrogens is 298 g/mol. The summed E-state index contributed by atoms with van der Waals surface area (Å²) in [6.07, 6.45) is 2.63. The van der Waals surface area contributed by atoms with Crippen LogP contribution in [0, 0.1) is 5.92 Å². The van der Waals surface area contributed by atoms with Crippen molar-refractivity contribution in [3.8, 4) is 11.5 Å². The lowest BCUT2D eigenvalue weighted by molar-refractivity contribution is -0.137. The van der Waals surface area contributed by atoms with E-state index >= 15 is 0 Å². The Morgan fingerprint density at radius 2 is 1.87 bits per heavy atom. The summed E-state index contributed by atoms with van der Waals surface area (Å²) < 4.78 is 10.4. The van der Waals surface area contributed by atoms with Gasteiger partial charge in [-0.25, -0.2) is 0 Å².